The van der Waals surface area contributed by atoms with Crippen LogP contribution in [0.3, 0.4) is 0 Å². The average Bonchev–Trinajstić information content (AvgIpc) is 2.79. The first-order valence-electron chi connectivity index (χ1n) is 10.1. The van der Waals surface area contributed by atoms with Gasteiger partial charge in [0.1, 0.15) is 5.75 Å². The Labute approximate surface area is 177 Å². The molecule has 0 unspecified atom stereocenters. The third-order valence-electron chi connectivity index (χ3n) is 5.22. The van der Waals surface area contributed by atoms with Gasteiger partial charge in [-0.25, -0.2) is 0 Å². The highest BCUT2D eigenvalue weighted by atomic mass is 16.5. The van der Waals surface area contributed by atoms with Crippen LogP contribution in [0, 0.1) is 0 Å². The Hall–Kier alpha value is -3.43. The van der Waals surface area contributed by atoms with E-state index in [0.29, 0.717) is 13.1 Å². The van der Waals surface area contributed by atoms with Crippen molar-refractivity contribution in [2.45, 2.75) is 6.54 Å². The lowest BCUT2D eigenvalue weighted by Crippen LogP contribution is -2.37. The Morgan fingerprint density at radius 2 is 1.27 bits per heavy atom. The normalized spacial score (nSPS) is 17.4. The molecule has 3 heteroatoms. The number of carbonyl (C=O) groups is 1. The molecule has 4 rings (SSSR count). The molecule has 1 fully saturated rings. The van der Waals surface area contributed by atoms with E-state index in [2.05, 4.69) is 17.0 Å². The van der Waals surface area contributed by atoms with E-state index in [4.69, 9.17) is 4.74 Å². The monoisotopic (exact) mass is 395 g/mol. The van der Waals surface area contributed by atoms with E-state index in [1.807, 2.05) is 84.9 Å². The number of ether oxygens (including phenoxy) is 1. The van der Waals surface area contributed by atoms with Crippen molar-refractivity contribution in [3.63, 3.8) is 0 Å². The first-order valence-corrected chi connectivity index (χ1v) is 10.1. The highest BCUT2D eigenvalue weighted by molar-refractivity contribution is 6.14. The Morgan fingerprint density at radius 1 is 0.767 bits per heavy atom. The highest BCUT2D eigenvalue weighted by Crippen LogP contribution is 2.24. The molecule has 0 aromatic heterocycles. The second-order valence-corrected chi connectivity index (χ2v) is 7.48. The molecule has 1 aliphatic rings. The standard InChI is InChI=1S/C27H25NO2/c1-30-26-14-12-23(13-15-26)18-28-19-24(16-21-8-4-2-5-9-21)27(29)25(20-28)17-22-10-6-3-7-11-22/h2-17H,18-20H2,1H3. The van der Waals surface area contributed by atoms with Crippen molar-refractivity contribution in [1.29, 1.82) is 0 Å². The van der Waals surface area contributed by atoms with Crippen molar-refractivity contribution in [3.05, 3.63) is 113 Å². The van der Waals surface area contributed by atoms with Gasteiger partial charge in [-0.2, -0.15) is 0 Å². The van der Waals surface area contributed by atoms with Crippen molar-refractivity contribution >= 4 is 17.9 Å². The van der Waals surface area contributed by atoms with Gasteiger partial charge in [-0.15, -0.1) is 0 Å². The van der Waals surface area contributed by atoms with Crippen LogP contribution in [-0.2, 0) is 11.3 Å². The second-order valence-electron chi connectivity index (χ2n) is 7.48. The Morgan fingerprint density at radius 3 is 1.73 bits per heavy atom. The fourth-order valence-electron chi connectivity index (χ4n) is 3.71. The minimum atomic E-state index is 0.133. The Bertz CT molecular complexity index is 990. The molecule has 3 aromatic rings. The summed E-state index contributed by atoms with van der Waals surface area (Å²) in [6.07, 6.45) is 4.03. The van der Waals surface area contributed by atoms with E-state index >= 15 is 0 Å². The van der Waals surface area contributed by atoms with Crippen molar-refractivity contribution in [2.24, 2.45) is 0 Å². The zero-order valence-electron chi connectivity index (χ0n) is 17.1. The van der Waals surface area contributed by atoms with E-state index in [9.17, 15) is 4.79 Å². The SMILES string of the molecule is COc1ccc(CN2CC(=Cc3ccccc3)C(=O)C(=Cc3ccccc3)C2)cc1. The van der Waals surface area contributed by atoms with Crippen LogP contribution in [0.5, 0.6) is 5.75 Å². The Kier molecular flexibility index (Phi) is 6.21. The maximum absolute atomic E-state index is 13.2. The van der Waals surface area contributed by atoms with Crippen molar-refractivity contribution < 1.29 is 9.53 Å². The molecule has 0 bridgehead atoms. The topological polar surface area (TPSA) is 29.5 Å². The molecule has 0 atom stereocenters. The summed E-state index contributed by atoms with van der Waals surface area (Å²) in [5.74, 6) is 0.982. The van der Waals surface area contributed by atoms with Gasteiger partial charge in [-0.1, -0.05) is 72.8 Å². The van der Waals surface area contributed by atoms with Crippen LogP contribution >= 0.6 is 0 Å². The van der Waals surface area contributed by atoms with Gasteiger partial charge < -0.3 is 4.74 Å². The third-order valence-corrected chi connectivity index (χ3v) is 5.22. The largest absolute Gasteiger partial charge is 0.497 e. The quantitative estimate of drug-likeness (QED) is 0.553. The lowest BCUT2D eigenvalue weighted by molar-refractivity contribution is -0.113. The molecule has 1 saturated heterocycles. The van der Waals surface area contributed by atoms with Crippen LogP contribution in [0.25, 0.3) is 12.2 Å². The van der Waals surface area contributed by atoms with Gasteiger partial charge in [0.2, 0.25) is 0 Å². The summed E-state index contributed by atoms with van der Waals surface area (Å²) in [6.45, 7) is 2.04. The zero-order chi connectivity index (χ0) is 20.8. The minimum absolute atomic E-state index is 0.133. The number of ketones is 1. The highest BCUT2D eigenvalue weighted by Gasteiger charge is 2.26. The van der Waals surface area contributed by atoms with Gasteiger partial charge in [-0.05, 0) is 41.0 Å². The predicted octanol–water partition coefficient (Wildman–Crippen LogP) is 5.25. The average molecular weight is 396 g/mol. The van der Waals surface area contributed by atoms with Crippen LogP contribution in [0.2, 0.25) is 0 Å². The molecular formula is C27H25NO2. The van der Waals surface area contributed by atoms with Gasteiger partial charge in [0.15, 0.2) is 5.78 Å². The molecule has 1 heterocycles. The van der Waals surface area contributed by atoms with Crippen LogP contribution in [0.4, 0.5) is 0 Å². The summed E-state index contributed by atoms with van der Waals surface area (Å²) in [4.78, 5) is 15.5. The molecule has 0 radical (unpaired) electrons. The zero-order valence-corrected chi connectivity index (χ0v) is 17.1. The van der Waals surface area contributed by atoms with Crippen LogP contribution in [0.1, 0.15) is 16.7 Å². The molecule has 3 aromatic carbocycles. The van der Waals surface area contributed by atoms with Crippen molar-refractivity contribution in [2.75, 3.05) is 20.2 Å². The number of piperidine rings is 1. The summed E-state index contributed by atoms with van der Waals surface area (Å²) in [6, 6.07) is 28.2. The summed E-state index contributed by atoms with van der Waals surface area (Å²) in [7, 11) is 1.67. The number of hydrogen-bond donors (Lipinski definition) is 0. The first kappa shape index (κ1) is 19.9. The summed E-state index contributed by atoms with van der Waals surface area (Å²) in [5, 5.41) is 0. The van der Waals surface area contributed by atoms with Crippen LogP contribution in [-0.4, -0.2) is 30.9 Å². The van der Waals surface area contributed by atoms with Gasteiger partial charge >= 0.3 is 0 Å². The predicted molar refractivity (Wildman–Crippen MR) is 122 cm³/mol. The number of methoxy groups -OCH3 is 1. The number of carbonyl (C=O) groups excluding carboxylic acids is 1. The van der Waals surface area contributed by atoms with E-state index in [1.54, 1.807) is 7.11 Å². The second kappa shape index (κ2) is 9.38. The molecule has 0 N–H and O–H groups in total. The number of hydrogen-bond acceptors (Lipinski definition) is 3. The molecule has 150 valence electrons. The third kappa shape index (κ3) is 4.94. The van der Waals surface area contributed by atoms with Crippen LogP contribution in [0.15, 0.2) is 96.1 Å². The van der Waals surface area contributed by atoms with Gasteiger partial charge in [0.05, 0.1) is 7.11 Å². The maximum Gasteiger partial charge on any atom is 0.187 e. The Balaban J connectivity index is 1.64. The lowest BCUT2D eigenvalue weighted by Gasteiger charge is -2.30. The number of rotatable bonds is 5. The molecule has 0 spiro atoms. The molecular weight excluding hydrogens is 370 g/mol. The lowest BCUT2D eigenvalue weighted by atomic mass is 9.94. The number of Topliss-reactive ketones (excluding diaryl/α,β-unsaturated/α-hetero) is 1. The van der Waals surface area contributed by atoms with E-state index < -0.39 is 0 Å². The summed E-state index contributed by atoms with van der Waals surface area (Å²) < 4.78 is 5.26. The molecule has 0 saturated carbocycles. The molecule has 3 nitrogen and oxygen atoms in total. The smallest absolute Gasteiger partial charge is 0.187 e. The molecule has 0 aliphatic carbocycles. The maximum atomic E-state index is 13.2. The van der Waals surface area contributed by atoms with Gasteiger partial charge in [0, 0.05) is 30.8 Å². The van der Waals surface area contributed by atoms with Gasteiger partial charge in [0.25, 0.3) is 0 Å². The first-order chi connectivity index (χ1) is 14.7. The van der Waals surface area contributed by atoms with Gasteiger partial charge in [-0.3, -0.25) is 9.69 Å². The number of benzene rings is 3. The molecule has 30 heavy (non-hydrogen) atoms. The van der Waals surface area contributed by atoms with E-state index in [1.165, 1.54) is 5.56 Å². The minimum Gasteiger partial charge on any atom is -0.497 e. The van der Waals surface area contributed by atoms with Crippen molar-refractivity contribution in [1.82, 2.24) is 4.90 Å². The van der Waals surface area contributed by atoms with E-state index in [-0.39, 0.29) is 5.78 Å². The summed E-state index contributed by atoms with van der Waals surface area (Å²) in [5.41, 5.74) is 4.94. The molecule has 0 amide bonds. The van der Waals surface area contributed by atoms with Crippen molar-refractivity contribution in [3.8, 4) is 5.75 Å². The number of likely N-dealkylation sites (tertiary alicyclic amines) is 1. The van der Waals surface area contributed by atoms with Crippen LogP contribution < -0.4 is 4.74 Å². The molecule has 1 aliphatic heterocycles. The summed E-state index contributed by atoms with van der Waals surface area (Å²) >= 11 is 0. The fraction of sp³-hybridized carbons (Fsp3) is 0.148. The van der Waals surface area contributed by atoms with E-state index in [0.717, 1.165) is 34.6 Å². The number of nitrogens with zero attached hydrogens (tertiary/aromatic N) is 1. The fourth-order valence-corrected chi connectivity index (χ4v) is 3.71.